The molecule has 9 heteroatoms. The molecule has 0 aliphatic heterocycles. The first-order chi connectivity index (χ1) is 11.0. The number of oxazole rings is 1. The molecule has 0 aliphatic rings. The number of amides is 1. The van der Waals surface area contributed by atoms with E-state index < -0.39 is 16.6 Å². The van der Waals surface area contributed by atoms with Crippen molar-refractivity contribution in [3.8, 4) is 0 Å². The van der Waals surface area contributed by atoms with Crippen LogP contribution in [0.4, 0.5) is 5.69 Å². The third kappa shape index (κ3) is 2.98. The molecule has 3 aromatic rings. The molecule has 0 radical (unpaired) electrons. The highest BCUT2D eigenvalue weighted by atomic mass is 16.6. The molecular weight excluding hydrogens is 306 g/mol. The maximum atomic E-state index is 11.9. The van der Waals surface area contributed by atoms with E-state index in [0.29, 0.717) is 5.76 Å². The number of nitro groups is 1. The van der Waals surface area contributed by atoms with Gasteiger partial charge in [0.1, 0.15) is 12.3 Å². The second kappa shape index (κ2) is 5.79. The molecular formula is C14H11N3O6. The van der Waals surface area contributed by atoms with E-state index >= 15 is 0 Å². The highest BCUT2D eigenvalue weighted by molar-refractivity contribution is 5.80. The molecule has 0 spiro atoms. The molecule has 1 aromatic carbocycles. The highest BCUT2D eigenvalue weighted by Gasteiger charge is 2.16. The summed E-state index contributed by atoms with van der Waals surface area (Å²) in [6.45, 7) is -0.135. The van der Waals surface area contributed by atoms with Gasteiger partial charge in [-0.2, -0.15) is 0 Å². The normalized spacial score (nSPS) is 10.8. The van der Waals surface area contributed by atoms with Crippen LogP contribution in [0.5, 0.6) is 0 Å². The smallest absolute Gasteiger partial charge is 0.420 e. The molecule has 3 rings (SSSR count). The van der Waals surface area contributed by atoms with Crippen LogP contribution in [0.1, 0.15) is 5.76 Å². The number of nitrogens with zero attached hydrogens (tertiary/aromatic N) is 2. The lowest BCUT2D eigenvalue weighted by atomic mass is 10.3. The van der Waals surface area contributed by atoms with Crippen LogP contribution in [-0.2, 0) is 17.9 Å². The third-order valence-electron chi connectivity index (χ3n) is 3.20. The van der Waals surface area contributed by atoms with Crippen molar-refractivity contribution in [1.82, 2.24) is 9.88 Å². The predicted molar refractivity (Wildman–Crippen MR) is 77.7 cm³/mol. The standard InChI is InChI=1S/C14H11N3O6/c18-13(15-7-10-2-1-5-22-10)8-16-11-6-9(17(20)21)3-4-12(11)23-14(16)19/h1-6H,7-8H2,(H,15,18). The molecule has 0 unspecified atom stereocenters. The molecule has 23 heavy (non-hydrogen) atoms. The van der Waals surface area contributed by atoms with Gasteiger partial charge in [-0.15, -0.1) is 0 Å². The van der Waals surface area contributed by atoms with Gasteiger partial charge in [-0.1, -0.05) is 0 Å². The van der Waals surface area contributed by atoms with Crippen LogP contribution in [0.2, 0.25) is 0 Å². The first kappa shape index (κ1) is 14.6. The number of hydrogen-bond donors (Lipinski definition) is 1. The zero-order valence-electron chi connectivity index (χ0n) is 11.7. The van der Waals surface area contributed by atoms with Gasteiger partial charge in [0.25, 0.3) is 5.69 Å². The Kier molecular flexibility index (Phi) is 3.67. The van der Waals surface area contributed by atoms with Crippen molar-refractivity contribution in [2.24, 2.45) is 0 Å². The Hall–Kier alpha value is -3.36. The minimum absolute atomic E-state index is 0.177. The van der Waals surface area contributed by atoms with Crippen molar-refractivity contribution in [2.75, 3.05) is 0 Å². The first-order valence-corrected chi connectivity index (χ1v) is 6.61. The monoisotopic (exact) mass is 317 g/mol. The van der Waals surface area contributed by atoms with Gasteiger partial charge < -0.3 is 14.2 Å². The van der Waals surface area contributed by atoms with E-state index in [-0.39, 0.29) is 29.9 Å². The lowest BCUT2D eigenvalue weighted by Gasteiger charge is -2.04. The summed E-state index contributed by atoms with van der Waals surface area (Å²) in [5.41, 5.74) is 0.180. The second-order valence-corrected chi connectivity index (χ2v) is 4.72. The van der Waals surface area contributed by atoms with Gasteiger partial charge in [-0.25, -0.2) is 4.79 Å². The van der Waals surface area contributed by atoms with Crippen LogP contribution in [0.15, 0.2) is 50.2 Å². The molecule has 0 saturated carbocycles. The SMILES string of the molecule is O=C(Cn1c(=O)oc2ccc([N+](=O)[O-])cc21)NCc1ccco1. The largest absolute Gasteiger partial charge is 0.467 e. The Balaban J connectivity index is 1.82. The zero-order valence-corrected chi connectivity index (χ0v) is 11.7. The molecule has 118 valence electrons. The summed E-state index contributed by atoms with van der Waals surface area (Å²) < 4.78 is 11.1. The van der Waals surface area contributed by atoms with E-state index in [1.807, 2.05) is 0 Å². The number of fused-ring (bicyclic) bond motifs is 1. The Bertz CT molecular complexity index is 922. The fourth-order valence-corrected chi connectivity index (χ4v) is 2.11. The number of aromatic nitrogens is 1. The summed E-state index contributed by atoms with van der Waals surface area (Å²) in [5.74, 6) is -0.635. The Morgan fingerprint density at radius 2 is 2.17 bits per heavy atom. The number of furan rings is 1. The third-order valence-corrected chi connectivity index (χ3v) is 3.20. The van der Waals surface area contributed by atoms with Crippen LogP contribution in [0, 0.1) is 10.1 Å². The Morgan fingerprint density at radius 3 is 2.87 bits per heavy atom. The topological polar surface area (TPSA) is 121 Å². The number of non-ortho nitro benzene ring substituents is 1. The molecule has 2 aromatic heterocycles. The van der Waals surface area contributed by atoms with Crippen molar-refractivity contribution >= 4 is 22.7 Å². The highest BCUT2D eigenvalue weighted by Crippen LogP contribution is 2.19. The van der Waals surface area contributed by atoms with E-state index in [9.17, 15) is 19.7 Å². The zero-order chi connectivity index (χ0) is 16.4. The minimum Gasteiger partial charge on any atom is -0.467 e. The lowest BCUT2D eigenvalue weighted by molar-refractivity contribution is -0.384. The summed E-state index contributed by atoms with van der Waals surface area (Å²) in [5, 5.41) is 13.4. The van der Waals surface area contributed by atoms with Crippen LogP contribution in [0.3, 0.4) is 0 Å². The molecule has 1 amide bonds. The molecule has 0 aliphatic carbocycles. The number of carbonyl (C=O) groups is 1. The van der Waals surface area contributed by atoms with E-state index in [2.05, 4.69) is 5.32 Å². The average molecular weight is 317 g/mol. The van der Waals surface area contributed by atoms with Crippen molar-refractivity contribution in [3.05, 3.63) is 63.0 Å². The summed E-state index contributed by atoms with van der Waals surface area (Å²) in [7, 11) is 0. The van der Waals surface area contributed by atoms with Gasteiger partial charge in [-0.3, -0.25) is 19.5 Å². The van der Waals surface area contributed by atoms with Gasteiger partial charge in [0, 0.05) is 12.1 Å². The summed E-state index contributed by atoms with van der Waals surface area (Å²) in [4.78, 5) is 34.0. The van der Waals surface area contributed by atoms with Gasteiger partial charge >= 0.3 is 5.76 Å². The molecule has 0 fully saturated rings. The maximum Gasteiger partial charge on any atom is 0.420 e. The Morgan fingerprint density at radius 1 is 1.35 bits per heavy atom. The fraction of sp³-hybridized carbons (Fsp3) is 0.143. The molecule has 0 atom stereocenters. The number of carbonyl (C=O) groups excluding carboxylic acids is 1. The van der Waals surface area contributed by atoms with Gasteiger partial charge in [0.15, 0.2) is 5.58 Å². The van der Waals surface area contributed by atoms with Crippen LogP contribution < -0.4 is 11.1 Å². The number of benzene rings is 1. The molecule has 1 N–H and O–H groups in total. The lowest BCUT2D eigenvalue weighted by Crippen LogP contribution is -2.30. The Labute approximate surface area is 128 Å². The van der Waals surface area contributed by atoms with Crippen molar-refractivity contribution in [1.29, 1.82) is 0 Å². The number of rotatable bonds is 5. The fourth-order valence-electron chi connectivity index (χ4n) is 2.11. The van der Waals surface area contributed by atoms with Gasteiger partial charge in [0.2, 0.25) is 5.91 Å². The number of nitrogens with one attached hydrogen (secondary N) is 1. The average Bonchev–Trinajstić information content (AvgIpc) is 3.13. The van der Waals surface area contributed by atoms with Crippen LogP contribution in [-0.4, -0.2) is 15.4 Å². The number of nitro benzene ring substituents is 1. The van der Waals surface area contributed by atoms with E-state index in [1.54, 1.807) is 12.1 Å². The molecule has 0 saturated heterocycles. The quantitative estimate of drug-likeness (QED) is 0.561. The van der Waals surface area contributed by atoms with Crippen LogP contribution in [0.25, 0.3) is 11.1 Å². The van der Waals surface area contributed by atoms with Crippen LogP contribution >= 0.6 is 0 Å². The minimum atomic E-state index is -0.756. The summed E-state index contributed by atoms with van der Waals surface area (Å²) >= 11 is 0. The predicted octanol–water partition coefficient (Wildman–Crippen LogP) is 1.41. The maximum absolute atomic E-state index is 11.9. The van der Waals surface area contributed by atoms with Crippen molar-refractivity contribution in [3.63, 3.8) is 0 Å². The van der Waals surface area contributed by atoms with Crippen molar-refractivity contribution in [2.45, 2.75) is 13.1 Å². The second-order valence-electron chi connectivity index (χ2n) is 4.72. The van der Waals surface area contributed by atoms with Gasteiger partial charge in [0.05, 0.1) is 23.2 Å². The van der Waals surface area contributed by atoms with Crippen molar-refractivity contribution < 1.29 is 18.6 Å². The van der Waals surface area contributed by atoms with E-state index in [1.165, 1.54) is 24.5 Å². The molecule has 9 nitrogen and oxygen atoms in total. The van der Waals surface area contributed by atoms with E-state index in [0.717, 1.165) is 4.57 Å². The molecule has 2 heterocycles. The summed E-state index contributed by atoms with van der Waals surface area (Å²) in [6, 6.07) is 7.14. The van der Waals surface area contributed by atoms with E-state index in [4.69, 9.17) is 8.83 Å². The molecule has 0 bridgehead atoms. The van der Waals surface area contributed by atoms with Gasteiger partial charge in [-0.05, 0) is 18.2 Å². The number of hydrogen-bond acceptors (Lipinski definition) is 6. The summed E-state index contributed by atoms with van der Waals surface area (Å²) in [6.07, 6.45) is 1.48. The first-order valence-electron chi connectivity index (χ1n) is 6.61.